The molecule has 0 bridgehead atoms. The summed E-state index contributed by atoms with van der Waals surface area (Å²) in [6, 6.07) is -1.04. The maximum atomic E-state index is 10.4. The Balaban J connectivity index is 3.50. The van der Waals surface area contributed by atoms with E-state index in [1.807, 2.05) is 0 Å². The molecule has 0 fully saturated rings. The second-order valence-electron chi connectivity index (χ2n) is 1.92. The first-order chi connectivity index (χ1) is 5.56. The van der Waals surface area contributed by atoms with Gasteiger partial charge in [0.2, 0.25) is 0 Å². The molecule has 0 saturated carbocycles. The number of rotatable bonds is 3. The highest BCUT2D eigenvalue weighted by Crippen LogP contribution is 1.84. The second kappa shape index (κ2) is 5.33. The van der Waals surface area contributed by atoms with Crippen LogP contribution in [0.5, 0.6) is 0 Å². The number of carbonyl (C=O) groups is 2. The first-order valence-electron chi connectivity index (χ1n) is 3.08. The topological polar surface area (TPSA) is 122 Å². The number of carbonyl (C=O) groups excluding carboxylic acids is 2. The van der Waals surface area contributed by atoms with Crippen LogP contribution in [-0.4, -0.2) is 41.7 Å². The number of primary amides is 1. The Kier molecular flexibility index (Phi) is 4.73. The van der Waals surface area contributed by atoms with Crippen molar-refractivity contribution in [1.29, 1.82) is 0 Å². The van der Waals surface area contributed by atoms with Crippen molar-refractivity contribution in [2.75, 3.05) is 13.2 Å². The number of nitrogens with one attached hydrogen (secondary N) is 1. The molecular formula is C5H10N2O5. The maximum Gasteiger partial charge on any atom is 0.415 e. The average molecular weight is 178 g/mol. The van der Waals surface area contributed by atoms with Crippen molar-refractivity contribution < 1.29 is 24.5 Å². The highest BCUT2D eigenvalue weighted by atomic mass is 16.6. The Hall–Kier alpha value is -1.34. The van der Waals surface area contributed by atoms with Crippen LogP contribution in [0.15, 0.2) is 0 Å². The lowest BCUT2D eigenvalue weighted by molar-refractivity contribution is 0.0330. The van der Waals surface area contributed by atoms with Crippen molar-refractivity contribution in [2.24, 2.45) is 5.73 Å². The summed E-state index contributed by atoms with van der Waals surface area (Å²) >= 11 is 0. The fourth-order valence-electron chi connectivity index (χ4n) is 0.361. The van der Waals surface area contributed by atoms with E-state index in [1.165, 1.54) is 0 Å². The number of nitrogens with two attached hydrogens (primary N) is 1. The largest absolute Gasteiger partial charge is 0.446 e. The highest BCUT2D eigenvalue weighted by Gasteiger charge is 2.08. The Labute approximate surface area is 68.1 Å². The van der Waals surface area contributed by atoms with Gasteiger partial charge in [0.15, 0.2) is 0 Å². The van der Waals surface area contributed by atoms with E-state index in [2.05, 4.69) is 10.5 Å². The van der Waals surface area contributed by atoms with Gasteiger partial charge >= 0.3 is 12.1 Å². The fourth-order valence-corrected chi connectivity index (χ4v) is 0.361. The molecule has 0 radical (unpaired) electrons. The molecule has 0 saturated heterocycles. The van der Waals surface area contributed by atoms with Gasteiger partial charge in [-0.25, -0.2) is 14.9 Å². The molecule has 7 heteroatoms. The van der Waals surface area contributed by atoms with Crippen LogP contribution >= 0.6 is 0 Å². The zero-order valence-electron chi connectivity index (χ0n) is 6.19. The third-order valence-electron chi connectivity index (χ3n) is 0.843. The summed E-state index contributed by atoms with van der Waals surface area (Å²) in [5.74, 6) is 0. The molecule has 0 aromatic rings. The molecule has 12 heavy (non-hydrogen) atoms. The van der Waals surface area contributed by atoms with Crippen LogP contribution in [0.25, 0.3) is 0 Å². The van der Waals surface area contributed by atoms with Crippen LogP contribution in [0.1, 0.15) is 0 Å². The van der Waals surface area contributed by atoms with Gasteiger partial charge in [-0.15, -0.1) is 0 Å². The van der Waals surface area contributed by atoms with Crippen molar-refractivity contribution in [3.05, 3.63) is 0 Å². The monoisotopic (exact) mass is 178 g/mol. The van der Waals surface area contributed by atoms with Gasteiger partial charge in [-0.2, -0.15) is 0 Å². The number of hydrogen-bond acceptors (Lipinski definition) is 5. The summed E-state index contributed by atoms with van der Waals surface area (Å²) in [6.45, 7) is -0.917. The predicted molar refractivity (Wildman–Crippen MR) is 37.2 cm³/mol. The van der Waals surface area contributed by atoms with E-state index in [4.69, 9.17) is 10.2 Å². The molecule has 0 aromatic heterocycles. The number of aliphatic hydroxyl groups excluding tert-OH is 2. The van der Waals surface area contributed by atoms with Crippen molar-refractivity contribution in [2.45, 2.75) is 6.10 Å². The number of alkyl carbamates (subject to hydrolysis) is 1. The lowest BCUT2D eigenvalue weighted by Gasteiger charge is -2.07. The maximum absolute atomic E-state index is 10.4. The van der Waals surface area contributed by atoms with E-state index in [0.717, 1.165) is 0 Å². The van der Waals surface area contributed by atoms with E-state index in [9.17, 15) is 9.59 Å². The number of aliphatic hydroxyl groups is 2. The van der Waals surface area contributed by atoms with Crippen LogP contribution in [0.2, 0.25) is 0 Å². The number of ether oxygens (including phenoxy) is 1. The molecule has 0 aliphatic heterocycles. The molecule has 0 aliphatic rings. The minimum atomic E-state index is -1.15. The first kappa shape index (κ1) is 10.7. The van der Waals surface area contributed by atoms with Crippen LogP contribution in [-0.2, 0) is 4.74 Å². The second-order valence-corrected chi connectivity index (χ2v) is 1.92. The predicted octanol–water partition coefficient (Wildman–Crippen LogP) is -1.86. The van der Waals surface area contributed by atoms with Crippen LogP contribution in [0.3, 0.4) is 0 Å². The number of imide groups is 1. The van der Waals surface area contributed by atoms with Crippen molar-refractivity contribution in [3.8, 4) is 0 Å². The van der Waals surface area contributed by atoms with Gasteiger partial charge in [-0.3, -0.25) is 0 Å². The van der Waals surface area contributed by atoms with Gasteiger partial charge in [-0.1, -0.05) is 0 Å². The summed E-state index contributed by atoms with van der Waals surface area (Å²) in [6.07, 6.45) is -2.21. The third-order valence-corrected chi connectivity index (χ3v) is 0.843. The highest BCUT2D eigenvalue weighted by molar-refractivity contribution is 5.89. The van der Waals surface area contributed by atoms with Gasteiger partial charge < -0.3 is 20.7 Å². The minimum absolute atomic E-state index is 0.393. The van der Waals surface area contributed by atoms with Gasteiger partial charge in [0.25, 0.3) is 0 Å². The van der Waals surface area contributed by atoms with Crippen LogP contribution in [0, 0.1) is 0 Å². The standard InChI is InChI=1S/C5H10N2O5/c6-4(10)7-5(11)12-2-3(9)1-8/h3,8-9H,1-2H2,(H3,6,7,10,11). The molecule has 0 aromatic carbocycles. The van der Waals surface area contributed by atoms with E-state index in [1.54, 1.807) is 5.32 Å². The average Bonchev–Trinajstić information content (AvgIpc) is 1.99. The van der Waals surface area contributed by atoms with Crippen LogP contribution in [0.4, 0.5) is 9.59 Å². The summed E-state index contributed by atoms with van der Waals surface area (Å²) in [5, 5.41) is 18.6. The molecule has 3 amide bonds. The minimum Gasteiger partial charge on any atom is -0.446 e. The van der Waals surface area contributed by atoms with Crippen molar-refractivity contribution in [1.82, 2.24) is 5.32 Å². The quantitative estimate of drug-likeness (QED) is 0.404. The van der Waals surface area contributed by atoms with Gasteiger partial charge in [0.05, 0.1) is 6.61 Å². The normalized spacial score (nSPS) is 11.8. The summed E-state index contributed by atoms with van der Waals surface area (Å²) in [7, 11) is 0. The Bertz CT molecular complexity index is 171. The number of amides is 3. The molecule has 0 spiro atoms. The fraction of sp³-hybridized carbons (Fsp3) is 0.600. The Morgan fingerprint density at radius 1 is 1.58 bits per heavy atom. The third kappa shape index (κ3) is 5.45. The van der Waals surface area contributed by atoms with Gasteiger partial charge in [0.1, 0.15) is 12.7 Å². The Morgan fingerprint density at radius 2 is 2.17 bits per heavy atom. The molecule has 7 nitrogen and oxygen atoms in total. The number of urea groups is 1. The van der Waals surface area contributed by atoms with E-state index >= 15 is 0 Å². The zero-order valence-corrected chi connectivity index (χ0v) is 6.19. The van der Waals surface area contributed by atoms with Crippen molar-refractivity contribution in [3.63, 3.8) is 0 Å². The van der Waals surface area contributed by atoms with E-state index in [-0.39, 0.29) is 0 Å². The smallest absolute Gasteiger partial charge is 0.415 e. The summed E-state index contributed by atoms with van der Waals surface area (Å²) in [5.41, 5.74) is 4.57. The SMILES string of the molecule is NC(=O)NC(=O)OCC(O)CO. The molecule has 0 heterocycles. The molecule has 0 aliphatic carbocycles. The molecule has 1 atom stereocenters. The van der Waals surface area contributed by atoms with E-state index in [0.29, 0.717) is 0 Å². The molecule has 70 valence electrons. The van der Waals surface area contributed by atoms with Gasteiger partial charge in [-0.05, 0) is 0 Å². The lowest BCUT2D eigenvalue weighted by atomic mass is 10.4. The van der Waals surface area contributed by atoms with Crippen molar-refractivity contribution >= 4 is 12.1 Å². The summed E-state index contributed by atoms with van der Waals surface area (Å²) < 4.78 is 4.24. The molecule has 5 N–H and O–H groups in total. The Morgan fingerprint density at radius 3 is 2.58 bits per heavy atom. The molecule has 0 rings (SSSR count). The first-order valence-corrected chi connectivity index (χ1v) is 3.08. The van der Waals surface area contributed by atoms with E-state index < -0.39 is 31.4 Å². The molecular weight excluding hydrogens is 168 g/mol. The summed E-state index contributed by atoms with van der Waals surface area (Å²) in [4.78, 5) is 20.5. The lowest BCUT2D eigenvalue weighted by Crippen LogP contribution is -2.37. The van der Waals surface area contributed by atoms with Crippen LogP contribution < -0.4 is 11.1 Å². The molecule has 1 unspecified atom stereocenters. The van der Waals surface area contributed by atoms with Gasteiger partial charge in [0, 0.05) is 0 Å². The number of hydrogen-bond donors (Lipinski definition) is 4. The zero-order chi connectivity index (χ0) is 9.56.